The lowest BCUT2D eigenvalue weighted by Gasteiger charge is -2.32. The minimum absolute atomic E-state index is 0.00793. The fourth-order valence-corrected chi connectivity index (χ4v) is 4.13. The first-order valence-corrected chi connectivity index (χ1v) is 10.2. The summed E-state index contributed by atoms with van der Waals surface area (Å²) in [6, 6.07) is 7.43. The number of carbonyl (C=O) groups is 1. The third kappa shape index (κ3) is 4.09. The second kappa shape index (κ2) is 8.19. The summed E-state index contributed by atoms with van der Waals surface area (Å²) in [5.41, 5.74) is 2.64. The predicted octanol–water partition coefficient (Wildman–Crippen LogP) is 2.87. The molecule has 1 aromatic carbocycles. The van der Waals surface area contributed by atoms with Crippen LogP contribution in [-0.4, -0.2) is 38.6 Å². The maximum absolute atomic E-state index is 12.7. The predicted molar refractivity (Wildman–Crippen MR) is 110 cm³/mol. The van der Waals surface area contributed by atoms with Gasteiger partial charge in [0.1, 0.15) is 5.76 Å². The first-order valence-electron chi connectivity index (χ1n) is 10.2. The average Bonchev–Trinajstić information content (AvgIpc) is 3.06. The number of fused-ring (bicyclic) bond motifs is 1. The smallest absolute Gasteiger partial charge is 0.261 e. The van der Waals surface area contributed by atoms with Gasteiger partial charge in [-0.3, -0.25) is 14.2 Å². The van der Waals surface area contributed by atoms with Crippen LogP contribution in [0.3, 0.4) is 0 Å². The molecular formula is C22H26N4O3. The molecule has 1 aliphatic rings. The van der Waals surface area contributed by atoms with Gasteiger partial charge in [0.2, 0.25) is 5.91 Å². The average molecular weight is 394 g/mol. The highest BCUT2D eigenvalue weighted by molar-refractivity contribution is 5.77. The highest BCUT2D eigenvalue weighted by Gasteiger charge is 2.24. The number of aryl methyl sites for hydroxylation is 2. The Bertz CT molecular complexity index is 1060. The first-order chi connectivity index (χ1) is 14.0. The molecule has 2 aromatic heterocycles. The zero-order valence-electron chi connectivity index (χ0n) is 16.9. The maximum atomic E-state index is 12.7. The Labute approximate surface area is 169 Å². The van der Waals surface area contributed by atoms with E-state index in [1.165, 1.54) is 0 Å². The van der Waals surface area contributed by atoms with Crippen LogP contribution in [0.4, 0.5) is 0 Å². The second-order valence-electron chi connectivity index (χ2n) is 7.85. The molecule has 1 aliphatic heterocycles. The number of rotatable bonds is 5. The molecule has 3 heterocycles. The molecule has 7 nitrogen and oxygen atoms in total. The fourth-order valence-electron chi connectivity index (χ4n) is 4.13. The van der Waals surface area contributed by atoms with Gasteiger partial charge in [-0.2, -0.15) is 0 Å². The van der Waals surface area contributed by atoms with Crippen molar-refractivity contribution in [1.82, 2.24) is 19.6 Å². The molecule has 0 saturated carbocycles. The van der Waals surface area contributed by atoms with Crippen molar-refractivity contribution in [3.8, 4) is 0 Å². The summed E-state index contributed by atoms with van der Waals surface area (Å²) in [6.07, 6.45) is 4.58. The van der Waals surface area contributed by atoms with Crippen molar-refractivity contribution in [1.29, 1.82) is 0 Å². The van der Waals surface area contributed by atoms with Gasteiger partial charge < -0.3 is 9.42 Å². The second-order valence-corrected chi connectivity index (χ2v) is 7.85. The SMILES string of the molecule is Cc1noc(C)c1CCC(=O)N1CCC(Cn2cnc3ccccc3c2=O)CC1. The van der Waals surface area contributed by atoms with E-state index in [-0.39, 0.29) is 11.5 Å². The van der Waals surface area contributed by atoms with Gasteiger partial charge in [-0.15, -0.1) is 0 Å². The Hall–Kier alpha value is -2.96. The summed E-state index contributed by atoms with van der Waals surface area (Å²) in [5, 5.41) is 4.60. The monoisotopic (exact) mass is 394 g/mol. The van der Waals surface area contributed by atoms with Gasteiger partial charge in [-0.05, 0) is 51.2 Å². The van der Waals surface area contributed by atoms with Crippen molar-refractivity contribution >= 4 is 16.8 Å². The molecule has 1 amide bonds. The number of nitrogens with zero attached hydrogens (tertiary/aromatic N) is 4. The largest absolute Gasteiger partial charge is 0.361 e. The summed E-state index contributed by atoms with van der Waals surface area (Å²) in [5.74, 6) is 1.35. The Balaban J connectivity index is 1.32. The van der Waals surface area contributed by atoms with E-state index in [4.69, 9.17) is 4.52 Å². The van der Waals surface area contributed by atoms with Crippen LogP contribution in [0.2, 0.25) is 0 Å². The van der Waals surface area contributed by atoms with Crippen LogP contribution < -0.4 is 5.56 Å². The molecule has 0 unspecified atom stereocenters. The van der Waals surface area contributed by atoms with E-state index >= 15 is 0 Å². The summed E-state index contributed by atoms with van der Waals surface area (Å²) in [4.78, 5) is 31.6. The van der Waals surface area contributed by atoms with Crippen molar-refractivity contribution in [2.24, 2.45) is 5.92 Å². The molecule has 0 aliphatic carbocycles. The summed E-state index contributed by atoms with van der Waals surface area (Å²) >= 11 is 0. The van der Waals surface area contributed by atoms with E-state index in [1.54, 1.807) is 10.9 Å². The Kier molecular flexibility index (Phi) is 5.47. The van der Waals surface area contributed by atoms with Gasteiger partial charge in [-0.1, -0.05) is 17.3 Å². The van der Waals surface area contributed by atoms with Crippen molar-refractivity contribution in [3.63, 3.8) is 0 Å². The highest BCUT2D eigenvalue weighted by atomic mass is 16.5. The molecule has 29 heavy (non-hydrogen) atoms. The molecule has 3 aromatic rings. The lowest BCUT2D eigenvalue weighted by atomic mass is 9.96. The third-order valence-electron chi connectivity index (χ3n) is 5.92. The van der Waals surface area contributed by atoms with Crippen LogP contribution in [0.5, 0.6) is 0 Å². The minimum Gasteiger partial charge on any atom is -0.361 e. The Morgan fingerprint density at radius 1 is 1.21 bits per heavy atom. The van der Waals surface area contributed by atoms with Crippen molar-refractivity contribution in [2.45, 2.75) is 46.1 Å². The molecule has 4 rings (SSSR count). The van der Waals surface area contributed by atoms with Crippen molar-refractivity contribution < 1.29 is 9.32 Å². The number of hydrogen-bond acceptors (Lipinski definition) is 5. The molecule has 152 valence electrons. The van der Waals surface area contributed by atoms with E-state index in [0.29, 0.717) is 30.7 Å². The van der Waals surface area contributed by atoms with Crippen LogP contribution in [0.25, 0.3) is 10.9 Å². The van der Waals surface area contributed by atoms with Gasteiger partial charge in [0.05, 0.1) is 22.9 Å². The maximum Gasteiger partial charge on any atom is 0.261 e. The number of aromatic nitrogens is 3. The van der Waals surface area contributed by atoms with Crippen LogP contribution in [-0.2, 0) is 17.8 Å². The van der Waals surface area contributed by atoms with Crippen LogP contribution in [0.1, 0.15) is 36.3 Å². The molecule has 0 N–H and O–H groups in total. The number of amides is 1. The normalized spacial score (nSPS) is 15.2. The molecule has 7 heteroatoms. The zero-order chi connectivity index (χ0) is 20.4. The number of likely N-dealkylation sites (tertiary alicyclic amines) is 1. The quantitative estimate of drug-likeness (QED) is 0.665. The number of piperidine rings is 1. The van der Waals surface area contributed by atoms with Crippen LogP contribution in [0.15, 0.2) is 39.9 Å². The molecule has 0 radical (unpaired) electrons. The molecule has 1 saturated heterocycles. The molecule has 1 fully saturated rings. The Morgan fingerprint density at radius 3 is 2.69 bits per heavy atom. The summed E-state index contributed by atoms with van der Waals surface area (Å²) < 4.78 is 6.88. The van der Waals surface area contributed by atoms with E-state index in [1.807, 2.05) is 43.0 Å². The number of para-hydroxylation sites is 1. The van der Waals surface area contributed by atoms with Gasteiger partial charge in [0, 0.05) is 31.6 Å². The zero-order valence-corrected chi connectivity index (χ0v) is 16.9. The van der Waals surface area contributed by atoms with E-state index < -0.39 is 0 Å². The molecule has 0 atom stereocenters. The lowest BCUT2D eigenvalue weighted by molar-refractivity contribution is -0.132. The van der Waals surface area contributed by atoms with E-state index in [9.17, 15) is 9.59 Å². The van der Waals surface area contributed by atoms with Gasteiger partial charge >= 0.3 is 0 Å². The summed E-state index contributed by atoms with van der Waals surface area (Å²) in [6.45, 7) is 5.92. The standard InChI is InChI=1S/C22H26N4O3/c1-15-18(16(2)29-24-15)7-8-21(27)25-11-9-17(10-12-25)13-26-14-23-20-6-4-3-5-19(20)22(26)28/h3-6,14,17H,7-13H2,1-2H3. The van der Waals surface area contributed by atoms with Crippen molar-refractivity contribution in [3.05, 3.63) is 58.0 Å². The van der Waals surface area contributed by atoms with Gasteiger partial charge in [0.25, 0.3) is 5.56 Å². The van der Waals surface area contributed by atoms with Crippen LogP contribution >= 0.6 is 0 Å². The lowest BCUT2D eigenvalue weighted by Crippen LogP contribution is -2.40. The minimum atomic E-state index is 0.00793. The topological polar surface area (TPSA) is 81.2 Å². The van der Waals surface area contributed by atoms with Gasteiger partial charge in [-0.25, -0.2) is 4.98 Å². The van der Waals surface area contributed by atoms with Crippen LogP contribution in [0, 0.1) is 19.8 Å². The summed E-state index contributed by atoms with van der Waals surface area (Å²) in [7, 11) is 0. The fraction of sp³-hybridized carbons (Fsp3) is 0.455. The van der Waals surface area contributed by atoms with E-state index in [0.717, 1.165) is 48.5 Å². The Morgan fingerprint density at radius 2 is 1.97 bits per heavy atom. The van der Waals surface area contributed by atoms with E-state index in [2.05, 4.69) is 10.1 Å². The number of hydrogen-bond donors (Lipinski definition) is 0. The molecule has 0 bridgehead atoms. The third-order valence-corrected chi connectivity index (χ3v) is 5.92. The first kappa shape index (κ1) is 19.4. The number of benzene rings is 1. The van der Waals surface area contributed by atoms with Crippen molar-refractivity contribution in [2.75, 3.05) is 13.1 Å². The number of carbonyl (C=O) groups excluding carboxylic acids is 1. The highest BCUT2D eigenvalue weighted by Crippen LogP contribution is 2.21. The van der Waals surface area contributed by atoms with Gasteiger partial charge in [0.15, 0.2) is 0 Å². The molecule has 0 spiro atoms. The molecular weight excluding hydrogens is 368 g/mol.